The number of amides is 1. The van der Waals surface area contributed by atoms with Gasteiger partial charge in [-0.15, -0.1) is 0 Å². The lowest BCUT2D eigenvalue weighted by Crippen LogP contribution is -2.20. The molecule has 7 heteroatoms. The first-order chi connectivity index (χ1) is 12.5. The van der Waals surface area contributed by atoms with E-state index in [-0.39, 0.29) is 18.6 Å². The van der Waals surface area contributed by atoms with Crippen molar-refractivity contribution < 1.29 is 19.0 Å². The number of hydrogen-bond acceptors (Lipinski definition) is 4. The molecule has 0 saturated heterocycles. The smallest absolute Gasteiger partial charge is 0.262 e. The van der Waals surface area contributed by atoms with Crippen molar-refractivity contribution in [3.05, 3.63) is 45.4 Å². The molecule has 1 aliphatic heterocycles. The number of carbonyl (C=O) groups excluding carboxylic acids is 1. The monoisotopic (exact) mass is 439 g/mol. The van der Waals surface area contributed by atoms with E-state index in [1.165, 1.54) is 0 Å². The molecular weight excluding hydrogens is 422 g/mol. The second-order valence-electron chi connectivity index (χ2n) is 5.93. The van der Waals surface area contributed by atoms with Crippen LogP contribution >= 0.6 is 27.5 Å². The molecule has 1 atom stereocenters. The molecule has 2 aromatic carbocycles. The van der Waals surface area contributed by atoms with Crippen LogP contribution in [0, 0.1) is 0 Å². The standard InChI is InChI=1S/C19H19BrClNO4/c1-3-24-18-7-12-6-11(2)26-17(12)9-15(18)22-19(23)10-25-16-5-4-13(20)8-14(16)21/h4-5,7-9,11H,3,6,10H2,1-2H3,(H,22,23)/t11-/m1/s1. The second kappa shape index (κ2) is 8.18. The lowest BCUT2D eigenvalue weighted by molar-refractivity contribution is -0.118. The molecule has 1 N–H and O–H groups in total. The number of benzene rings is 2. The average Bonchev–Trinajstić information content (AvgIpc) is 2.93. The average molecular weight is 441 g/mol. The Hall–Kier alpha value is -1.92. The molecule has 0 bridgehead atoms. The van der Waals surface area contributed by atoms with Gasteiger partial charge in [0, 0.05) is 22.5 Å². The topological polar surface area (TPSA) is 56.8 Å². The van der Waals surface area contributed by atoms with Crippen molar-refractivity contribution in [1.29, 1.82) is 0 Å². The van der Waals surface area contributed by atoms with E-state index in [1.807, 2.05) is 19.9 Å². The number of ether oxygens (including phenoxy) is 3. The van der Waals surface area contributed by atoms with Crippen molar-refractivity contribution >= 4 is 39.1 Å². The molecule has 138 valence electrons. The van der Waals surface area contributed by atoms with Gasteiger partial charge in [0.2, 0.25) is 0 Å². The van der Waals surface area contributed by atoms with Crippen LogP contribution in [0.3, 0.4) is 0 Å². The minimum absolute atomic E-state index is 0.119. The summed E-state index contributed by atoms with van der Waals surface area (Å²) in [5, 5.41) is 3.25. The molecule has 0 aliphatic carbocycles. The van der Waals surface area contributed by atoms with Crippen LogP contribution in [0.2, 0.25) is 5.02 Å². The molecule has 26 heavy (non-hydrogen) atoms. The minimum atomic E-state index is -0.309. The van der Waals surface area contributed by atoms with Gasteiger partial charge < -0.3 is 19.5 Å². The van der Waals surface area contributed by atoms with Gasteiger partial charge in [0.15, 0.2) is 6.61 Å². The Labute approximate surface area is 165 Å². The van der Waals surface area contributed by atoms with E-state index in [0.29, 0.717) is 28.8 Å². The van der Waals surface area contributed by atoms with Crippen molar-refractivity contribution in [2.75, 3.05) is 18.5 Å². The summed E-state index contributed by atoms with van der Waals surface area (Å²) in [5.74, 6) is 1.53. The number of halogens is 2. The van der Waals surface area contributed by atoms with E-state index in [9.17, 15) is 4.79 Å². The molecule has 3 rings (SSSR count). The highest BCUT2D eigenvalue weighted by atomic mass is 79.9. The van der Waals surface area contributed by atoms with E-state index in [2.05, 4.69) is 21.2 Å². The van der Waals surface area contributed by atoms with Crippen LogP contribution in [0.1, 0.15) is 19.4 Å². The zero-order valence-electron chi connectivity index (χ0n) is 14.5. The Morgan fingerprint density at radius 2 is 2.12 bits per heavy atom. The van der Waals surface area contributed by atoms with Gasteiger partial charge in [0.25, 0.3) is 5.91 Å². The fraction of sp³-hybridized carbons (Fsp3) is 0.316. The molecule has 1 aliphatic rings. The van der Waals surface area contributed by atoms with Crippen LogP contribution in [-0.4, -0.2) is 25.2 Å². The zero-order chi connectivity index (χ0) is 18.7. The molecule has 0 unspecified atom stereocenters. The Bertz CT molecular complexity index is 827. The molecular formula is C19H19BrClNO4. The highest BCUT2D eigenvalue weighted by Crippen LogP contribution is 2.38. The Morgan fingerprint density at radius 3 is 2.85 bits per heavy atom. The van der Waals surface area contributed by atoms with Crippen LogP contribution in [-0.2, 0) is 11.2 Å². The summed E-state index contributed by atoms with van der Waals surface area (Å²) in [6.45, 7) is 4.25. The van der Waals surface area contributed by atoms with Crippen molar-refractivity contribution in [3.8, 4) is 17.2 Å². The first-order valence-corrected chi connectivity index (χ1v) is 9.47. The normalized spacial score (nSPS) is 15.2. The third kappa shape index (κ3) is 4.43. The van der Waals surface area contributed by atoms with Gasteiger partial charge in [0.1, 0.15) is 23.4 Å². The fourth-order valence-electron chi connectivity index (χ4n) is 2.73. The van der Waals surface area contributed by atoms with Crippen LogP contribution in [0.4, 0.5) is 5.69 Å². The fourth-order valence-corrected chi connectivity index (χ4v) is 3.46. The molecule has 1 amide bonds. The summed E-state index contributed by atoms with van der Waals surface area (Å²) >= 11 is 9.42. The van der Waals surface area contributed by atoms with Crippen LogP contribution < -0.4 is 19.5 Å². The highest BCUT2D eigenvalue weighted by Gasteiger charge is 2.22. The quantitative estimate of drug-likeness (QED) is 0.698. The molecule has 2 aromatic rings. The predicted molar refractivity (Wildman–Crippen MR) is 105 cm³/mol. The first kappa shape index (κ1) is 18.9. The molecule has 0 radical (unpaired) electrons. The number of carbonyl (C=O) groups is 1. The van der Waals surface area contributed by atoms with Gasteiger partial charge in [-0.25, -0.2) is 0 Å². The van der Waals surface area contributed by atoms with Gasteiger partial charge in [-0.1, -0.05) is 27.5 Å². The van der Waals surface area contributed by atoms with E-state index < -0.39 is 0 Å². The first-order valence-electron chi connectivity index (χ1n) is 8.30. The molecule has 0 fully saturated rings. The molecule has 5 nitrogen and oxygen atoms in total. The largest absolute Gasteiger partial charge is 0.492 e. The Balaban J connectivity index is 1.69. The molecule has 0 spiro atoms. The maximum atomic E-state index is 12.3. The van der Waals surface area contributed by atoms with E-state index >= 15 is 0 Å². The van der Waals surface area contributed by atoms with Gasteiger partial charge in [-0.05, 0) is 38.1 Å². The second-order valence-corrected chi connectivity index (χ2v) is 7.26. The molecule has 0 saturated carbocycles. The van der Waals surface area contributed by atoms with E-state index in [4.69, 9.17) is 25.8 Å². The lowest BCUT2D eigenvalue weighted by atomic mass is 10.1. The Kier molecular flexibility index (Phi) is 5.94. The van der Waals surface area contributed by atoms with Crippen molar-refractivity contribution in [1.82, 2.24) is 0 Å². The lowest BCUT2D eigenvalue weighted by Gasteiger charge is -2.14. The van der Waals surface area contributed by atoms with E-state index in [1.54, 1.807) is 24.3 Å². The Morgan fingerprint density at radius 1 is 1.31 bits per heavy atom. The maximum Gasteiger partial charge on any atom is 0.262 e. The number of fused-ring (bicyclic) bond motifs is 1. The van der Waals surface area contributed by atoms with Crippen LogP contribution in [0.5, 0.6) is 17.2 Å². The minimum Gasteiger partial charge on any atom is -0.492 e. The molecule has 1 heterocycles. The van der Waals surface area contributed by atoms with Crippen molar-refractivity contribution in [2.24, 2.45) is 0 Å². The highest BCUT2D eigenvalue weighted by molar-refractivity contribution is 9.10. The number of anilines is 1. The van der Waals surface area contributed by atoms with Crippen molar-refractivity contribution in [3.63, 3.8) is 0 Å². The summed E-state index contributed by atoms with van der Waals surface area (Å²) in [6, 6.07) is 8.93. The summed E-state index contributed by atoms with van der Waals surface area (Å²) in [5.41, 5.74) is 1.65. The third-order valence-corrected chi connectivity index (χ3v) is 4.61. The van der Waals surface area contributed by atoms with Crippen molar-refractivity contribution in [2.45, 2.75) is 26.4 Å². The summed E-state index contributed by atoms with van der Waals surface area (Å²) in [4.78, 5) is 12.3. The van der Waals surface area contributed by atoms with Gasteiger partial charge in [-0.2, -0.15) is 0 Å². The van der Waals surface area contributed by atoms with Gasteiger partial charge >= 0.3 is 0 Å². The number of hydrogen-bond donors (Lipinski definition) is 1. The summed E-state index contributed by atoms with van der Waals surface area (Å²) < 4.78 is 17.8. The third-order valence-electron chi connectivity index (χ3n) is 3.82. The van der Waals surface area contributed by atoms with Crippen LogP contribution in [0.25, 0.3) is 0 Å². The van der Waals surface area contributed by atoms with Crippen LogP contribution in [0.15, 0.2) is 34.8 Å². The van der Waals surface area contributed by atoms with Gasteiger partial charge in [-0.3, -0.25) is 4.79 Å². The summed E-state index contributed by atoms with van der Waals surface area (Å²) in [6.07, 6.45) is 0.947. The predicted octanol–water partition coefficient (Wildman–Crippen LogP) is 4.84. The summed E-state index contributed by atoms with van der Waals surface area (Å²) in [7, 11) is 0. The maximum absolute atomic E-state index is 12.3. The van der Waals surface area contributed by atoms with E-state index in [0.717, 1.165) is 22.2 Å². The zero-order valence-corrected chi connectivity index (χ0v) is 16.8. The number of nitrogens with one attached hydrogen (secondary N) is 1. The number of rotatable bonds is 6. The van der Waals surface area contributed by atoms with Gasteiger partial charge in [0.05, 0.1) is 17.3 Å². The molecule has 0 aromatic heterocycles. The SMILES string of the molecule is CCOc1cc2c(cc1NC(=O)COc1ccc(Br)cc1Cl)O[C@H](C)C2.